The van der Waals surface area contributed by atoms with Crippen molar-refractivity contribution < 1.29 is 78.2 Å². The quantitative estimate of drug-likeness (QED) is 0.122. The molecule has 63 heavy (non-hydrogen) atoms. The van der Waals surface area contributed by atoms with Gasteiger partial charge in [-0.2, -0.15) is 0 Å². The number of aliphatic hydroxyl groups excluding tert-OH is 3. The molecule has 4 saturated carbocycles. The van der Waals surface area contributed by atoms with Gasteiger partial charge in [-0.05, 0) is 107 Å². The number of fused-ring (bicyclic) bond motifs is 5. The first-order valence-electron chi connectivity index (χ1n) is 23.5. The molecular weight excluding hydrogens is 822 g/mol. The van der Waals surface area contributed by atoms with Gasteiger partial charge in [-0.3, -0.25) is 14.5 Å². The van der Waals surface area contributed by atoms with Crippen molar-refractivity contribution in [3.05, 3.63) is 11.6 Å². The first-order chi connectivity index (χ1) is 29.8. The Labute approximate surface area is 369 Å². The molecule has 356 valence electrons. The van der Waals surface area contributed by atoms with Gasteiger partial charge in [0.05, 0.1) is 61.2 Å². The number of cyclic esters (lactones) is 1. The molecule has 0 spiro atoms. The van der Waals surface area contributed by atoms with Gasteiger partial charge in [-0.25, -0.2) is 4.79 Å². The van der Waals surface area contributed by atoms with E-state index in [0.717, 1.165) is 44.1 Å². The largest absolute Gasteiger partial charge is 0.481 e. The molecule has 7 fully saturated rings. The van der Waals surface area contributed by atoms with Gasteiger partial charge in [0.2, 0.25) is 0 Å². The van der Waals surface area contributed by atoms with Gasteiger partial charge in [-0.15, -0.1) is 0 Å². The summed E-state index contributed by atoms with van der Waals surface area (Å²) in [6.07, 6.45) is -0.0703. The molecule has 3 saturated heterocycles. The number of aliphatic hydroxyl groups is 4. The highest BCUT2D eigenvalue weighted by Gasteiger charge is 2.71. The summed E-state index contributed by atoms with van der Waals surface area (Å²) in [5, 5.41) is 65.9. The van der Waals surface area contributed by atoms with Crippen LogP contribution in [-0.4, -0.2) is 159 Å². The number of hydrogen-bond donors (Lipinski definition) is 6. The first kappa shape index (κ1) is 47.2. The van der Waals surface area contributed by atoms with Gasteiger partial charge in [0.25, 0.3) is 0 Å². The summed E-state index contributed by atoms with van der Waals surface area (Å²) in [7, 11) is 0. The minimum absolute atomic E-state index is 0.0592. The molecule has 4 aliphatic carbocycles. The Hall–Kier alpha value is -2.29. The molecule has 6 N–H and O–H groups in total. The molecule has 8 aliphatic rings. The number of rotatable bonds is 12. The van der Waals surface area contributed by atoms with Crippen LogP contribution < -0.4 is 0 Å². The highest BCUT2D eigenvalue weighted by molar-refractivity contribution is 5.85. The zero-order chi connectivity index (χ0) is 45.2. The second kappa shape index (κ2) is 18.4. The van der Waals surface area contributed by atoms with E-state index in [9.17, 15) is 45.0 Å². The van der Waals surface area contributed by atoms with Gasteiger partial charge >= 0.3 is 17.9 Å². The van der Waals surface area contributed by atoms with Crippen LogP contribution >= 0.6 is 0 Å². The van der Waals surface area contributed by atoms with Gasteiger partial charge in [0, 0.05) is 49.9 Å². The van der Waals surface area contributed by atoms with Crippen molar-refractivity contribution in [2.75, 3.05) is 19.7 Å². The van der Waals surface area contributed by atoms with Crippen molar-refractivity contribution in [1.82, 2.24) is 4.90 Å². The number of esters is 1. The molecule has 0 aromatic carbocycles. The normalized spacial score (nSPS) is 48.1. The molecule has 4 aliphatic heterocycles. The number of hydrogen-bond acceptors (Lipinski definition) is 15. The van der Waals surface area contributed by atoms with E-state index in [1.807, 2.05) is 25.7 Å². The summed E-state index contributed by atoms with van der Waals surface area (Å²) in [4.78, 5) is 36.7. The Morgan fingerprint density at radius 1 is 0.794 bits per heavy atom. The molecule has 8 rings (SSSR count). The summed E-state index contributed by atoms with van der Waals surface area (Å²) in [6.45, 7) is 10.7. The Kier molecular flexibility index (Phi) is 13.8. The van der Waals surface area contributed by atoms with Crippen LogP contribution in [0.15, 0.2) is 11.6 Å². The Morgan fingerprint density at radius 3 is 2.03 bits per heavy atom. The first-order valence-corrected chi connectivity index (χ1v) is 23.5. The maximum atomic E-state index is 12.6. The fraction of sp³-hybridized carbons (Fsp3) is 0.891. The molecule has 0 amide bonds. The standard InChI is InChI=1S/C46H71NO16/c1-23-21-47(28(16-36(51)52)17-37(53)54)13-10-39(58-23)62-42-24(2)60-41(20-34(42)49)63-43-25(3)59-40(19-33(43)48)61-29-8-11-44(4)27(15-29)6-7-31-32(44)18-35(50)45(5)30(9-12-46(31,45)56)26-14-38(55)57-22-26/h14,23-25,27-35,39-43,48-50,56H,6-13,15-22H2,1-5H3,(H,51,52)(H,53,54)/t23?,24-,25-,27?,29-,30+,31?,32?,33-,34-,35-,39?,40-,41-,42+,43+,44-,45-,46-/m0/s1. The second-order valence-corrected chi connectivity index (χ2v) is 20.8. The van der Waals surface area contributed by atoms with Gasteiger partial charge < -0.3 is 63.8 Å². The summed E-state index contributed by atoms with van der Waals surface area (Å²) in [6, 6.07) is -0.697. The third kappa shape index (κ3) is 9.11. The number of nitrogens with zero attached hydrogens (tertiary/aromatic N) is 1. The van der Waals surface area contributed by atoms with E-state index < -0.39 is 90.6 Å². The van der Waals surface area contributed by atoms with E-state index in [4.69, 9.17) is 33.2 Å². The van der Waals surface area contributed by atoms with E-state index in [1.54, 1.807) is 13.0 Å². The minimum atomic E-state index is -1.08. The maximum Gasteiger partial charge on any atom is 0.331 e. The van der Waals surface area contributed by atoms with Crippen LogP contribution in [0.4, 0.5) is 0 Å². The number of ether oxygens (including phenoxy) is 7. The third-order valence-corrected chi connectivity index (χ3v) is 17.1. The molecule has 19 atom stereocenters. The van der Waals surface area contributed by atoms with Gasteiger partial charge in [0.1, 0.15) is 18.8 Å². The highest BCUT2D eigenvalue weighted by Crippen LogP contribution is 2.70. The zero-order valence-electron chi connectivity index (χ0n) is 37.4. The highest BCUT2D eigenvalue weighted by atomic mass is 16.7. The topological polar surface area (TPSA) is 240 Å². The average Bonchev–Trinajstić information content (AvgIpc) is 3.68. The van der Waals surface area contributed by atoms with Crippen LogP contribution in [0.5, 0.6) is 0 Å². The van der Waals surface area contributed by atoms with Gasteiger partial charge in [-0.1, -0.05) is 13.8 Å². The van der Waals surface area contributed by atoms with Crippen molar-refractivity contribution >= 4 is 17.9 Å². The third-order valence-electron chi connectivity index (χ3n) is 17.1. The van der Waals surface area contributed by atoms with Crippen molar-refractivity contribution in [1.29, 1.82) is 0 Å². The molecule has 0 aromatic heterocycles. The SMILES string of the molecule is CC1CN(C(CC(=O)O)CC(=O)O)CCC(O[C@@H]2[C@H](C)O[C@@H](O[C@@H]3[C@H](C)O[C@@H](O[C@H]4CC[C@@]5(C)C(CCC6C5C[C@H](O)[C@]5(C)[C@@H](C7=CC(=O)OC7)CC[C@]65O)C4)C[C@@H]3O)C[C@@H]2O)O1. The number of carbonyl (C=O) groups is 3. The Bertz CT molecular complexity index is 1670. The number of carboxylic acid groups (broad SMARTS) is 2. The van der Waals surface area contributed by atoms with E-state index in [1.165, 1.54) is 0 Å². The van der Waals surface area contributed by atoms with Crippen molar-refractivity contribution in [3.63, 3.8) is 0 Å². The smallest absolute Gasteiger partial charge is 0.331 e. The van der Waals surface area contributed by atoms with Crippen molar-refractivity contribution in [3.8, 4) is 0 Å². The molecule has 17 heteroatoms. The van der Waals surface area contributed by atoms with Crippen LogP contribution in [0.2, 0.25) is 0 Å². The van der Waals surface area contributed by atoms with Crippen LogP contribution in [0, 0.1) is 34.5 Å². The average molecular weight is 894 g/mol. The molecule has 5 unspecified atom stereocenters. The lowest BCUT2D eigenvalue weighted by atomic mass is 9.42. The fourth-order valence-corrected chi connectivity index (χ4v) is 13.9. The van der Waals surface area contributed by atoms with E-state index in [-0.39, 0.29) is 73.6 Å². The summed E-state index contributed by atoms with van der Waals surface area (Å²) >= 11 is 0. The van der Waals surface area contributed by atoms with Crippen LogP contribution in [0.1, 0.15) is 118 Å². The lowest BCUT2D eigenvalue weighted by Crippen LogP contribution is -2.67. The molecule has 0 aromatic rings. The predicted octanol–water partition coefficient (Wildman–Crippen LogP) is 3.12. The zero-order valence-corrected chi connectivity index (χ0v) is 37.4. The summed E-state index contributed by atoms with van der Waals surface area (Å²) < 4.78 is 43.0. The predicted molar refractivity (Wildman–Crippen MR) is 220 cm³/mol. The minimum Gasteiger partial charge on any atom is -0.481 e. The summed E-state index contributed by atoms with van der Waals surface area (Å²) in [5.41, 5.74) is -0.955. The maximum absolute atomic E-state index is 12.6. The molecule has 4 heterocycles. The number of aliphatic carboxylic acids is 2. The fourth-order valence-electron chi connectivity index (χ4n) is 13.9. The van der Waals surface area contributed by atoms with E-state index in [0.29, 0.717) is 38.3 Å². The Morgan fingerprint density at radius 2 is 1.43 bits per heavy atom. The van der Waals surface area contributed by atoms with Crippen LogP contribution in [-0.2, 0) is 47.5 Å². The van der Waals surface area contributed by atoms with Crippen LogP contribution in [0.25, 0.3) is 0 Å². The van der Waals surface area contributed by atoms with Crippen molar-refractivity contribution in [2.45, 2.75) is 204 Å². The van der Waals surface area contributed by atoms with E-state index >= 15 is 0 Å². The molecule has 0 radical (unpaired) electrons. The van der Waals surface area contributed by atoms with Crippen molar-refractivity contribution in [2.24, 2.45) is 34.5 Å². The monoisotopic (exact) mass is 893 g/mol. The number of carboxylic acids is 2. The molecule has 0 bridgehead atoms. The molecular formula is C46H71NO16. The lowest BCUT2D eigenvalue weighted by Gasteiger charge is -2.65. The van der Waals surface area contributed by atoms with Gasteiger partial charge in [0.15, 0.2) is 18.9 Å². The Balaban J connectivity index is 0.812. The van der Waals surface area contributed by atoms with Crippen LogP contribution in [0.3, 0.4) is 0 Å². The van der Waals surface area contributed by atoms with E-state index in [2.05, 4.69) is 6.92 Å². The molecule has 17 nitrogen and oxygen atoms in total. The second-order valence-electron chi connectivity index (χ2n) is 20.8. The number of carbonyl (C=O) groups excluding carboxylic acids is 1. The summed E-state index contributed by atoms with van der Waals surface area (Å²) in [5.74, 6) is -2.03. The lowest BCUT2D eigenvalue weighted by molar-refractivity contribution is -0.329.